The molecule has 6 heteroatoms. The molecule has 1 saturated heterocycles. The van der Waals surface area contributed by atoms with Crippen LogP contribution < -0.4 is 0 Å². The first-order valence-electron chi connectivity index (χ1n) is 7.41. The summed E-state index contributed by atoms with van der Waals surface area (Å²) < 4.78 is 6.38. The number of hydrogen-bond acceptors (Lipinski definition) is 4. The molecule has 1 aliphatic heterocycles. The van der Waals surface area contributed by atoms with Gasteiger partial charge in [0.05, 0.1) is 21.4 Å². The SMILES string of the molecule is CCO[C@@H]1C[C@H](O)C12CCN(C(=O)c1ccc(Cl)s1)CC2. The van der Waals surface area contributed by atoms with Crippen LogP contribution in [-0.2, 0) is 4.74 Å². The number of halogens is 1. The van der Waals surface area contributed by atoms with Crippen LogP contribution in [-0.4, -0.2) is 47.8 Å². The molecule has 1 aliphatic carbocycles. The van der Waals surface area contributed by atoms with Gasteiger partial charge in [-0.3, -0.25) is 4.79 Å². The normalized spacial score (nSPS) is 27.7. The molecule has 2 aliphatic rings. The summed E-state index contributed by atoms with van der Waals surface area (Å²) in [5, 5.41) is 10.2. The molecule has 2 fully saturated rings. The van der Waals surface area contributed by atoms with Crippen molar-refractivity contribution in [3.8, 4) is 0 Å². The van der Waals surface area contributed by atoms with E-state index in [1.807, 2.05) is 11.8 Å². The van der Waals surface area contributed by atoms with E-state index in [9.17, 15) is 9.90 Å². The molecule has 4 nitrogen and oxygen atoms in total. The smallest absolute Gasteiger partial charge is 0.263 e. The molecule has 21 heavy (non-hydrogen) atoms. The van der Waals surface area contributed by atoms with E-state index in [1.54, 1.807) is 12.1 Å². The number of ether oxygens (including phenoxy) is 1. The number of amides is 1. The van der Waals surface area contributed by atoms with Crippen molar-refractivity contribution in [2.45, 2.75) is 38.4 Å². The fraction of sp³-hybridized carbons (Fsp3) is 0.667. The van der Waals surface area contributed by atoms with Crippen molar-refractivity contribution < 1.29 is 14.6 Å². The molecule has 2 atom stereocenters. The van der Waals surface area contributed by atoms with Crippen molar-refractivity contribution >= 4 is 28.8 Å². The Kier molecular flexibility index (Phi) is 4.28. The molecule has 0 unspecified atom stereocenters. The molecule has 1 spiro atoms. The van der Waals surface area contributed by atoms with Crippen LogP contribution in [0.25, 0.3) is 0 Å². The first kappa shape index (κ1) is 15.3. The minimum atomic E-state index is -0.289. The van der Waals surface area contributed by atoms with E-state index in [0.29, 0.717) is 28.9 Å². The lowest BCUT2D eigenvalue weighted by Crippen LogP contribution is -2.62. The highest BCUT2D eigenvalue weighted by atomic mass is 35.5. The molecule has 0 radical (unpaired) electrons. The summed E-state index contributed by atoms with van der Waals surface area (Å²) in [6.07, 6.45) is 2.20. The second-order valence-electron chi connectivity index (χ2n) is 5.82. The summed E-state index contributed by atoms with van der Waals surface area (Å²) in [4.78, 5) is 15.0. The van der Waals surface area contributed by atoms with E-state index in [4.69, 9.17) is 16.3 Å². The van der Waals surface area contributed by atoms with Gasteiger partial charge in [0, 0.05) is 31.5 Å². The summed E-state index contributed by atoms with van der Waals surface area (Å²) >= 11 is 7.21. The number of piperidine rings is 1. The van der Waals surface area contributed by atoms with Crippen molar-refractivity contribution in [2.24, 2.45) is 5.41 Å². The van der Waals surface area contributed by atoms with Gasteiger partial charge < -0.3 is 14.7 Å². The number of rotatable bonds is 3. The second kappa shape index (κ2) is 5.88. The van der Waals surface area contributed by atoms with Crippen molar-refractivity contribution in [1.82, 2.24) is 4.90 Å². The first-order chi connectivity index (χ1) is 10.1. The molecule has 3 rings (SSSR count). The minimum Gasteiger partial charge on any atom is -0.392 e. The van der Waals surface area contributed by atoms with Crippen LogP contribution in [0, 0.1) is 5.41 Å². The Labute approximate surface area is 133 Å². The van der Waals surface area contributed by atoms with Crippen LogP contribution in [0.2, 0.25) is 4.34 Å². The van der Waals surface area contributed by atoms with Crippen molar-refractivity contribution in [2.75, 3.05) is 19.7 Å². The van der Waals surface area contributed by atoms with Crippen LogP contribution in [0.15, 0.2) is 12.1 Å². The molecular formula is C15H20ClNO3S. The zero-order valence-electron chi connectivity index (χ0n) is 12.0. The van der Waals surface area contributed by atoms with Gasteiger partial charge in [0.15, 0.2) is 0 Å². The summed E-state index contributed by atoms with van der Waals surface area (Å²) in [5.41, 5.74) is -0.139. The maximum atomic E-state index is 12.4. The third kappa shape index (κ3) is 2.61. The van der Waals surface area contributed by atoms with E-state index in [1.165, 1.54) is 11.3 Å². The van der Waals surface area contributed by atoms with E-state index in [-0.39, 0.29) is 23.5 Å². The third-order valence-corrected chi connectivity index (χ3v) is 6.09. The van der Waals surface area contributed by atoms with Gasteiger partial charge in [-0.05, 0) is 31.9 Å². The van der Waals surface area contributed by atoms with Crippen molar-refractivity contribution in [3.63, 3.8) is 0 Å². The lowest BCUT2D eigenvalue weighted by atomic mass is 9.58. The van der Waals surface area contributed by atoms with Crippen LogP contribution >= 0.6 is 22.9 Å². The highest BCUT2D eigenvalue weighted by Gasteiger charge is 2.56. The van der Waals surface area contributed by atoms with Gasteiger partial charge in [0.25, 0.3) is 5.91 Å². The Morgan fingerprint density at radius 1 is 1.52 bits per heavy atom. The van der Waals surface area contributed by atoms with Crippen LogP contribution in [0.1, 0.15) is 35.9 Å². The van der Waals surface area contributed by atoms with Gasteiger partial charge in [0.2, 0.25) is 0 Å². The topological polar surface area (TPSA) is 49.8 Å². The molecule has 0 aromatic carbocycles. The number of carbonyl (C=O) groups is 1. The zero-order valence-corrected chi connectivity index (χ0v) is 13.6. The van der Waals surface area contributed by atoms with Gasteiger partial charge >= 0.3 is 0 Å². The molecule has 1 N–H and O–H groups in total. The van der Waals surface area contributed by atoms with Crippen LogP contribution in [0.3, 0.4) is 0 Å². The summed E-state index contributed by atoms with van der Waals surface area (Å²) in [5.74, 6) is 0.0449. The predicted molar refractivity (Wildman–Crippen MR) is 82.9 cm³/mol. The molecule has 1 aromatic heterocycles. The summed E-state index contributed by atoms with van der Waals surface area (Å²) in [7, 11) is 0. The zero-order chi connectivity index (χ0) is 15.0. The van der Waals surface area contributed by atoms with Crippen LogP contribution in [0.5, 0.6) is 0 Å². The lowest BCUT2D eigenvalue weighted by Gasteiger charge is -2.56. The van der Waals surface area contributed by atoms with Crippen molar-refractivity contribution in [1.29, 1.82) is 0 Å². The average molecular weight is 330 g/mol. The van der Waals surface area contributed by atoms with E-state index < -0.39 is 0 Å². The summed E-state index contributed by atoms with van der Waals surface area (Å²) in [6, 6.07) is 3.53. The van der Waals surface area contributed by atoms with E-state index >= 15 is 0 Å². The Bertz CT molecular complexity index is 523. The van der Waals surface area contributed by atoms with Crippen molar-refractivity contribution in [3.05, 3.63) is 21.3 Å². The monoisotopic (exact) mass is 329 g/mol. The van der Waals surface area contributed by atoms with Gasteiger partial charge in [-0.1, -0.05) is 11.6 Å². The maximum Gasteiger partial charge on any atom is 0.263 e. The average Bonchev–Trinajstić information content (AvgIpc) is 2.93. The third-order valence-electron chi connectivity index (χ3n) is 4.88. The van der Waals surface area contributed by atoms with Gasteiger partial charge in [-0.25, -0.2) is 0 Å². The predicted octanol–water partition coefficient (Wildman–Crippen LogP) is 2.79. The molecule has 116 valence electrons. The first-order valence-corrected chi connectivity index (χ1v) is 8.60. The Hall–Kier alpha value is -0.620. The number of nitrogens with zero attached hydrogens (tertiary/aromatic N) is 1. The molecule has 0 bridgehead atoms. The highest BCUT2D eigenvalue weighted by Crippen LogP contribution is 2.51. The molecule has 1 aromatic rings. The number of hydrogen-bond donors (Lipinski definition) is 1. The minimum absolute atomic E-state index is 0.0449. The molecule has 1 amide bonds. The molecule has 1 saturated carbocycles. The Morgan fingerprint density at radius 3 is 2.76 bits per heavy atom. The second-order valence-corrected chi connectivity index (χ2v) is 7.54. The van der Waals surface area contributed by atoms with Gasteiger partial charge in [-0.2, -0.15) is 0 Å². The van der Waals surface area contributed by atoms with Gasteiger partial charge in [-0.15, -0.1) is 11.3 Å². The standard InChI is InChI=1S/C15H20ClNO3S/c1-2-20-12-9-11(18)15(12)5-7-17(8-6-15)14(19)10-3-4-13(16)21-10/h3-4,11-12,18H,2,5-9H2,1H3/t11-,12+/m0/s1. The lowest BCUT2D eigenvalue weighted by molar-refractivity contribution is -0.207. The number of thiophene rings is 1. The number of aliphatic hydroxyl groups excluding tert-OH is 1. The largest absolute Gasteiger partial charge is 0.392 e. The molecular weight excluding hydrogens is 310 g/mol. The van der Waals surface area contributed by atoms with Crippen LogP contribution in [0.4, 0.5) is 0 Å². The maximum absolute atomic E-state index is 12.4. The highest BCUT2D eigenvalue weighted by molar-refractivity contribution is 7.17. The summed E-state index contributed by atoms with van der Waals surface area (Å²) in [6.45, 7) is 4.01. The Balaban J connectivity index is 1.63. The quantitative estimate of drug-likeness (QED) is 0.927. The fourth-order valence-corrected chi connectivity index (χ4v) is 4.54. The van der Waals surface area contributed by atoms with Gasteiger partial charge in [0.1, 0.15) is 0 Å². The number of aliphatic hydroxyl groups is 1. The van der Waals surface area contributed by atoms with E-state index in [0.717, 1.165) is 19.3 Å². The van der Waals surface area contributed by atoms with E-state index in [2.05, 4.69) is 0 Å². The Morgan fingerprint density at radius 2 is 2.24 bits per heavy atom. The fourth-order valence-electron chi connectivity index (χ4n) is 3.53. The molecule has 2 heterocycles. The number of carbonyl (C=O) groups excluding carboxylic acids is 1. The number of likely N-dealkylation sites (tertiary alicyclic amines) is 1.